The fourth-order valence-corrected chi connectivity index (χ4v) is 4.57. The van der Waals surface area contributed by atoms with Crippen molar-refractivity contribution in [2.75, 3.05) is 18.9 Å². The van der Waals surface area contributed by atoms with E-state index in [1.165, 1.54) is 35.6 Å². The van der Waals surface area contributed by atoms with Crippen molar-refractivity contribution in [2.45, 2.75) is 38.6 Å². The maximum Gasteiger partial charge on any atom is 0.573 e. The van der Waals surface area contributed by atoms with Crippen molar-refractivity contribution in [1.82, 2.24) is 36.1 Å². The number of nitrogens with zero attached hydrogens (tertiary/aromatic N) is 5. The summed E-state index contributed by atoms with van der Waals surface area (Å²) < 4.78 is 41.1. The Hall–Kier alpha value is -4.24. The largest absolute Gasteiger partial charge is 0.573 e. The van der Waals surface area contributed by atoms with Crippen LogP contribution in [0.4, 0.5) is 18.3 Å². The molecule has 0 fully saturated rings. The van der Waals surface area contributed by atoms with Gasteiger partial charge in [-0.1, -0.05) is 29.5 Å². The zero-order valence-corrected chi connectivity index (χ0v) is 22.3. The van der Waals surface area contributed by atoms with Gasteiger partial charge in [0.1, 0.15) is 16.5 Å². The smallest absolute Gasteiger partial charge is 0.406 e. The first-order chi connectivity index (χ1) is 19.1. The van der Waals surface area contributed by atoms with E-state index in [1.807, 2.05) is 17.1 Å². The SMILES string of the molecule is CN1NN(CCCCc2nnc(NC(=O)Cc3cccc(OC(F)(F)F)c3)s2)C=C1C(=O)NCc1cccnc1. The Balaban J connectivity index is 1.17. The van der Waals surface area contributed by atoms with E-state index in [2.05, 4.69) is 36.1 Å². The van der Waals surface area contributed by atoms with Crippen molar-refractivity contribution in [3.63, 3.8) is 0 Å². The molecule has 1 aromatic carbocycles. The van der Waals surface area contributed by atoms with E-state index in [0.717, 1.165) is 23.4 Å². The molecule has 3 N–H and O–H groups in total. The molecule has 212 valence electrons. The van der Waals surface area contributed by atoms with E-state index in [0.29, 0.717) is 35.9 Å². The quantitative estimate of drug-likeness (QED) is 0.279. The van der Waals surface area contributed by atoms with Crippen LogP contribution in [0.15, 0.2) is 60.7 Å². The predicted octanol–water partition coefficient (Wildman–Crippen LogP) is 3.16. The Morgan fingerprint density at radius 3 is 2.73 bits per heavy atom. The molecular formula is C25H27F3N8O3S. The highest BCUT2D eigenvalue weighted by atomic mass is 32.1. The summed E-state index contributed by atoms with van der Waals surface area (Å²) in [5.41, 5.74) is 4.88. The zero-order valence-electron chi connectivity index (χ0n) is 21.4. The lowest BCUT2D eigenvalue weighted by molar-refractivity contribution is -0.274. The first-order valence-electron chi connectivity index (χ1n) is 12.3. The zero-order chi connectivity index (χ0) is 28.5. The second-order valence-electron chi connectivity index (χ2n) is 8.79. The monoisotopic (exact) mass is 576 g/mol. The van der Waals surface area contributed by atoms with Crippen LogP contribution >= 0.6 is 11.3 Å². The van der Waals surface area contributed by atoms with E-state index in [4.69, 9.17) is 0 Å². The number of hydrogen-bond donors (Lipinski definition) is 3. The number of aryl methyl sites for hydroxylation is 1. The molecule has 0 atom stereocenters. The molecule has 15 heteroatoms. The molecule has 3 aromatic rings. The summed E-state index contributed by atoms with van der Waals surface area (Å²) >= 11 is 1.24. The van der Waals surface area contributed by atoms with Crippen molar-refractivity contribution in [3.8, 4) is 5.75 Å². The van der Waals surface area contributed by atoms with E-state index in [-0.39, 0.29) is 18.1 Å². The van der Waals surface area contributed by atoms with Crippen LogP contribution < -0.4 is 20.9 Å². The number of benzene rings is 1. The molecule has 0 unspecified atom stereocenters. The predicted molar refractivity (Wildman–Crippen MR) is 140 cm³/mol. The van der Waals surface area contributed by atoms with Gasteiger partial charge in [-0.3, -0.25) is 24.6 Å². The third-order valence-electron chi connectivity index (χ3n) is 5.58. The molecule has 0 bridgehead atoms. The van der Waals surface area contributed by atoms with Gasteiger partial charge in [-0.2, -0.15) is 0 Å². The van der Waals surface area contributed by atoms with Gasteiger partial charge in [-0.25, -0.2) is 0 Å². The molecule has 2 amide bonds. The van der Waals surface area contributed by atoms with Gasteiger partial charge in [0.05, 0.1) is 6.42 Å². The molecule has 0 radical (unpaired) electrons. The minimum absolute atomic E-state index is 0.141. The molecular weight excluding hydrogens is 549 g/mol. The Morgan fingerprint density at radius 2 is 1.95 bits per heavy atom. The third-order valence-corrected chi connectivity index (χ3v) is 6.47. The number of anilines is 1. The number of unbranched alkanes of at least 4 members (excludes halogenated alkanes) is 1. The van der Waals surface area contributed by atoms with Gasteiger partial charge in [0.2, 0.25) is 11.0 Å². The van der Waals surface area contributed by atoms with Crippen molar-refractivity contribution in [1.29, 1.82) is 0 Å². The number of carbonyl (C=O) groups excluding carboxylic acids is 2. The van der Waals surface area contributed by atoms with E-state index in [1.54, 1.807) is 30.7 Å². The van der Waals surface area contributed by atoms with Gasteiger partial charge in [0.25, 0.3) is 5.91 Å². The minimum Gasteiger partial charge on any atom is -0.406 e. The van der Waals surface area contributed by atoms with Crippen LogP contribution in [0.3, 0.4) is 0 Å². The summed E-state index contributed by atoms with van der Waals surface area (Å²) in [6, 6.07) is 8.96. The fourth-order valence-electron chi connectivity index (χ4n) is 3.78. The van der Waals surface area contributed by atoms with Crippen LogP contribution in [-0.2, 0) is 29.0 Å². The summed E-state index contributed by atoms with van der Waals surface area (Å²) in [6.07, 6.45) is 2.44. The first-order valence-corrected chi connectivity index (χ1v) is 13.1. The maximum atomic E-state index is 12.5. The van der Waals surface area contributed by atoms with Crippen molar-refractivity contribution in [3.05, 3.63) is 76.8 Å². The molecule has 0 aliphatic carbocycles. The van der Waals surface area contributed by atoms with Gasteiger partial charge in [0, 0.05) is 45.2 Å². The van der Waals surface area contributed by atoms with Crippen LogP contribution in [0.2, 0.25) is 0 Å². The highest BCUT2D eigenvalue weighted by Gasteiger charge is 2.31. The second-order valence-corrected chi connectivity index (χ2v) is 9.85. The van der Waals surface area contributed by atoms with Crippen LogP contribution in [0.1, 0.15) is 29.0 Å². The molecule has 1 aliphatic rings. The highest BCUT2D eigenvalue weighted by molar-refractivity contribution is 7.15. The number of hydrazine groups is 2. The Labute approximate surface area is 232 Å². The number of ether oxygens (including phenoxy) is 1. The number of aromatic nitrogens is 3. The molecule has 0 saturated heterocycles. The summed E-state index contributed by atoms with van der Waals surface area (Å²) in [4.78, 5) is 28.9. The van der Waals surface area contributed by atoms with Crippen LogP contribution in [-0.4, -0.2) is 57.0 Å². The molecule has 3 heterocycles. The number of nitrogens with one attached hydrogen (secondary N) is 3. The molecule has 1 aliphatic heterocycles. The number of amides is 2. The second kappa shape index (κ2) is 13.2. The Morgan fingerprint density at radius 1 is 1.12 bits per heavy atom. The van der Waals surface area contributed by atoms with Gasteiger partial charge in [-0.05, 0) is 42.2 Å². The molecule has 0 saturated carbocycles. The Bertz CT molecular complexity index is 1340. The number of carbonyl (C=O) groups is 2. The molecule has 0 spiro atoms. The van der Waals surface area contributed by atoms with Crippen LogP contribution in [0, 0.1) is 0 Å². The van der Waals surface area contributed by atoms with Crippen molar-refractivity contribution < 1.29 is 27.5 Å². The molecule has 4 rings (SSSR count). The number of pyridine rings is 1. The summed E-state index contributed by atoms with van der Waals surface area (Å²) in [5.74, 6) is -1.02. The van der Waals surface area contributed by atoms with Crippen LogP contribution in [0.5, 0.6) is 5.75 Å². The van der Waals surface area contributed by atoms with E-state index >= 15 is 0 Å². The standard InChI is InChI=1S/C25H27F3N8O3S/c1-35-20(23(38)30-15-18-7-5-10-29-14-18)16-36(34-35)11-3-2-9-22-32-33-24(40-22)31-21(37)13-17-6-4-8-19(12-17)39-25(26,27)28/h4-8,10,12,14,16,34H,2-3,9,11,13,15H2,1H3,(H,30,38)(H,31,33,37). The summed E-state index contributed by atoms with van der Waals surface area (Å²) in [7, 11) is 1.76. The third kappa shape index (κ3) is 8.91. The van der Waals surface area contributed by atoms with Gasteiger partial charge < -0.3 is 15.4 Å². The lowest BCUT2D eigenvalue weighted by atomic mass is 10.1. The number of rotatable bonds is 12. The average molecular weight is 577 g/mol. The average Bonchev–Trinajstić information content (AvgIpc) is 3.50. The fraction of sp³-hybridized carbons (Fsp3) is 0.320. The maximum absolute atomic E-state index is 12.5. The van der Waals surface area contributed by atoms with E-state index < -0.39 is 12.3 Å². The van der Waals surface area contributed by atoms with E-state index in [9.17, 15) is 22.8 Å². The lowest BCUT2D eigenvalue weighted by Gasteiger charge is -2.20. The summed E-state index contributed by atoms with van der Waals surface area (Å²) in [5, 5.41) is 18.1. The number of hydrogen-bond acceptors (Lipinski definition) is 10. The van der Waals surface area contributed by atoms with Gasteiger partial charge >= 0.3 is 6.36 Å². The summed E-state index contributed by atoms with van der Waals surface area (Å²) in [6.45, 7) is 1.04. The van der Waals surface area contributed by atoms with Gasteiger partial charge in [-0.15, -0.1) is 28.9 Å². The van der Waals surface area contributed by atoms with Crippen LogP contribution in [0.25, 0.3) is 0 Å². The molecule has 40 heavy (non-hydrogen) atoms. The Kier molecular flexibility index (Phi) is 9.50. The molecule has 11 nitrogen and oxygen atoms in total. The first kappa shape index (κ1) is 28.8. The lowest BCUT2D eigenvalue weighted by Crippen LogP contribution is -2.40. The number of likely N-dealkylation sites (N-methyl/N-ethyl adjacent to an activating group) is 1. The normalized spacial score (nSPS) is 13.2. The topological polar surface area (TPSA) is 125 Å². The van der Waals surface area contributed by atoms with Crippen molar-refractivity contribution in [2.24, 2.45) is 0 Å². The minimum atomic E-state index is -4.80. The molecule has 2 aromatic heterocycles. The number of alkyl halides is 3. The highest BCUT2D eigenvalue weighted by Crippen LogP contribution is 2.24. The number of halogens is 3. The van der Waals surface area contributed by atoms with Gasteiger partial charge in [0.15, 0.2) is 0 Å². The van der Waals surface area contributed by atoms with Crippen molar-refractivity contribution >= 4 is 28.3 Å².